The summed E-state index contributed by atoms with van der Waals surface area (Å²) < 4.78 is 11.7. The molecule has 1 N–H and O–H groups in total. The first-order valence-electron chi connectivity index (χ1n) is 14.8. The van der Waals surface area contributed by atoms with Crippen molar-refractivity contribution in [2.75, 3.05) is 27.3 Å². The Morgan fingerprint density at radius 1 is 0.857 bits per heavy atom. The number of likely N-dealkylation sites (tertiary alicyclic amines) is 1. The van der Waals surface area contributed by atoms with E-state index in [4.69, 9.17) is 9.47 Å². The van der Waals surface area contributed by atoms with Crippen LogP contribution in [-0.4, -0.2) is 55.0 Å². The predicted octanol–water partition coefficient (Wildman–Crippen LogP) is 6.19. The lowest BCUT2D eigenvalue weighted by atomic mass is 9.83. The molecule has 1 aliphatic carbocycles. The normalized spacial score (nSPS) is 16.0. The van der Waals surface area contributed by atoms with Crippen LogP contribution in [0.25, 0.3) is 0 Å². The molecule has 0 bridgehead atoms. The molecule has 1 heterocycles. The molecule has 8 heteroatoms. The Balaban J connectivity index is 1.18. The number of methoxy groups -OCH3 is 2. The second-order valence-electron chi connectivity index (χ2n) is 11.3. The standard InChI is InChI=1S/C34H40BrN3O4/c1-41-31-15-10-26(20-32(31)42-2)21-36-33(39)27-11-6-25(7-12-27)23-38(34(40)28-4-3-5-28)30-16-18-37(19-17-30)22-24-8-13-29(35)14-9-24/h6-15,20,28,30H,3-5,16-19,21-23H2,1-2H3,(H,36,39). The summed E-state index contributed by atoms with van der Waals surface area (Å²) >= 11 is 3.51. The summed E-state index contributed by atoms with van der Waals surface area (Å²) in [4.78, 5) is 31.0. The van der Waals surface area contributed by atoms with Gasteiger partial charge in [-0.05, 0) is 78.8 Å². The first kappa shape index (κ1) is 30.1. The van der Waals surface area contributed by atoms with E-state index >= 15 is 0 Å². The van der Waals surface area contributed by atoms with E-state index in [2.05, 4.69) is 55.3 Å². The molecule has 2 amide bonds. The van der Waals surface area contributed by atoms with E-state index in [1.54, 1.807) is 14.2 Å². The van der Waals surface area contributed by atoms with Crippen molar-refractivity contribution in [3.8, 4) is 11.5 Å². The van der Waals surface area contributed by atoms with Gasteiger partial charge in [0.15, 0.2) is 11.5 Å². The molecule has 42 heavy (non-hydrogen) atoms. The molecule has 2 aliphatic rings. The summed E-state index contributed by atoms with van der Waals surface area (Å²) in [6.07, 6.45) is 5.09. The van der Waals surface area contributed by atoms with Gasteiger partial charge in [0.05, 0.1) is 14.2 Å². The van der Waals surface area contributed by atoms with Crippen LogP contribution in [0.4, 0.5) is 0 Å². The summed E-state index contributed by atoms with van der Waals surface area (Å²) in [5.41, 5.74) is 3.88. The lowest BCUT2D eigenvalue weighted by Gasteiger charge is -2.41. The van der Waals surface area contributed by atoms with Crippen LogP contribution in [0.5, 0.6) is 11.5 Å². The second-order valence-corrected chi connectivity index (χ2v) is 12.2. The van der Waals surface area contributed by atoms with E-state index in [1.165, 1.54) is 5.56 Å². The highest BCUT2D eigenvalue weighted by Gasteiger charge is 2.34. The molecule has 1 saturated carbocycles. The number of rotatable bonds is 11. The Morgan fingerprint density at radius 3 is 2.12 bits per heavy atom. The highest BCUT2D eigenvalue weighted by molar-refractivity contribution is 9.10. The fourth-order valence-electron chi connectivity index (χ4n) is 5.75. The summed E-state index contributed by atoms with van der Waals surface area (Å²) in [5, 5.41) is 2.98. The van der Waals surface area contributed by atoms with Gasteiger partial charge in [-0.15, -0.1) is 0 Å². The Labute approximate surface area is 257 Å². The van der Waals surface area contributed by atoms with Crippen LogP contribution >= 0.6 is 15.9 Å². The van der Waals surface area contributed by atoms with E-state index in [0.29, 0.717) is 36.1 Å². The van der Waals surface area contributed by atoms with Crippen molar-refractivity contribution in [2.24, 2.45) is 5.92 Å². The SMILES string of the molecule is COc1ccc(CNC(=O)c2ccc(CN(C(=O)C3CCC3)C3CCN(Cc4ccc(Br)cc4)CC3)cc2)cc1OC. The van der Waals surface area contributed by atoms with Gasteiger partial charge in [0, 0.05) is 54.7 Å². The van der Waals surface area contributed by atoms with Crippen molar-refractivity contribution in [1.82, 2.24) is 15.1 Å². The number of amides is 2. The first-order valence-corrected chi connectivity index (χ1v) is 15.6. The summed E-state index contributed by atoms with van der Waals surface area (Å²) in [7, 11) is 3.19. The molecule has 0 radical (unpaired) electrons. The van der Waals surface area contributed by atoms with E-state index in [-0.39, 0.29) is 17.9 Å². The van der Waals surface area contributed by atoms with Crippen molar-refractivity contribution >= 4 is 27.7 Å². The van der Waals surface area contributed by atoms with Crippen LogP contribution in [0.15, 0.2) is 71.2 Å². The van der Waals surface area contributed by atoms with Crippen LogP contribution in [0.3, 0.4) is 0 Å². The lowest BCUT2D eigenvalue weighted by molar-refractivity contribution is -0.142. The smallest absolute Gasteiger partial charge is 0.251 e. The van der Waals surface area contributed by atoms with Gasteiger partial charge in [-0.25, -0.2) is 0 Å². The molecule has 2 fully saturated rings. The quantitative estimate of drug-likeness (QED) is 0.273. The maximum Gasteiger partial charge on any atom is 0.251 e. The minimum atomic E-state index is -0.142. The minimum Gasteiger partial charge on any atom is -0.493 e. The van der Waals surface area contributed by atoms with Gasteiger partial charge < -0.3 is 19.7 Å². The van der Waals surface area contributed by atoms with E-state index in [9.17, 15) is 9.59 Å². The molecule has 3 aromatic rings. The monoisotopic (exact) mass is 633 g/mol. The Morgan fingerprint density at radius 2 is 1.50 bits per heavy atom. The van der Waals surface area contributed by atoms with Gasteiger partial charge in [0.1, 0.15) is 0 Å². The van der Waals surface area contributed by atoms with E-state index < -0.39 is 0 Å². The summed E-state index contributed by atoms with van der Waals surface area (Å²) in [6, 6.07) is 22.0. The summed E-state index contributed by atoms with van der Waals surface area (Å²) in [6.45, 7) is 3.86. The predicted molar refractivity (Wildman–Crippen MR) is 167 cm³/mol. The third-order valence-electron chi connectivity index (χ3n) is 8.52. The van der Waals surface area contributed by atoms with Gasteiger partial charge in [-0.1, -0.05) is 52.7 Å². The van der Waals surface area contributed by atoms with Crippen LogP contribution < -0.4 is 14.8 Å². The van der Waals surface area contributed by atoms with E-state index in [1.807, 2.05) is 42.5 Å². The average molecular weight is 635 g/mol. The van der Waals surface area contributed by atoms with Crippen molar-refractivity contribution in [3.63, 3.8) is 0 Å². The van der Waals surface area contributed by atoms with Crippen LogP contribution in [0, 0.1) is 5.92 Å². The number of benzene rings is 3. The van der Waals surface area contributed by atoms with Crippen molar-refractivity contribution < 1.29 is 19.1 Å². The number of hydrogen-bond acceptors (Lipinski definition) is 5. The third kappa shape index (κ3) is 7.53. The molecular weight excluding hydrogens is 594 g/mol. The zero-order valence-corrected chi connectivity index (χ0v) is 26.1. The molecule has 1 saturated heterocycles. The largest absolute Gasteiger partial charge is 0.493 e. The number of piperidine rings is 1. The molecule has 0 unspecified atom stereocenters. The van der Waals surface area contributed by atoms with E-state index in [0.717, 1.165) is 67.3 Å². The van der Waals surface area contributed by atoms with Gasteiger partial charge >= 0.3 is 0 Å². The fraction of sp³-hybridized carbons (Fsp3) is 0.412. The second kappa shape index (κ2) is 14.2. The van der Waals surface area contributed by atoms with Crippen molar-refractivity contribution in [1.29, 1.82) is 0 Å². The van der Waals surface area contributed by atoms with Crippen molar-refractivity contribution in [2.45, 2.75) is 57.8 Å². The Kier molecular flexibility index (Phi) is 10.2. The lowest BCUT2D eigenvalue weighted by Crippen LogP contribution is -2.49. The topological polar surface area (TPSA) is 71.1 Å². The van der Waals surface area contributed by atoms with Crippen LogP contribution in [0.2, 0.25) is 0 Å². The van der Waals surface area contributed by atoms with Crippen LogP contribution in [0.1, 0.15) is 59.2 Å². The Bertz CT molecular complexity index is 1350. The molecule has 7 nitrogen and oxygen atoms in total. The van der Waals surface area contributed by atoms with Gasteiger partial charge in [-0.3, -0.25) is 14.5 Å². The highest BCUT2D eigenvalue weighted by atomic mass is 79.9. The number of carbonyl (C=O) groups is 2. The number of nitrogens with one attached hydrogen (secondary N) is 1. The maximum atomic E-state index is 13.5. The Hall–Kier alpha value is -3.36. The fourth-order valence-corrected chi connectivity index (χ4v) is 6.01. The zero-order valence-electron chi connectivity index (χ0n) is 24.5. The molecule has 0 atom stereocenters. The summed E-state index contributed by atoms with van der Waals surface area (Å²) in [5.74, 6) is 1.60. The van der Waals surface area contributed by atoms with Gasteiger partial charge in [0.25, 0.3) is 5.91 Å². The number of halogens is 1. The highest BCUT2D eigenvalue weighted by Crippen LogP contribution is 2.32. The molecule has 0 spiro atoms. The maximum absolute atomic E-state index is 13.5. The zero-order chi connectivity index (χ0) is 29.5. The van der Waals surface area contributed by atoms with Crippen molar-refractivity contribution in [3.05, 3.63) is 93.5 Å². The molecule has 0 aromatic heterocycles. The molecular formula is C34H40BrN3O4. The minimum absolute atomic E-state index is 0.142. The number of hydrogen-bond donors (Lipinski definition) is 1. The third-order valence-corrected chi connectivity index (χ3v) is 9.05. The molecule has 1 aliphatic heterocycles. The molecule has 5 rings (SSSR count). The van der Waals surface area contributed by atoms with Crippen LogP contribution in [-0.2, 0) is 24.4 Å². The number of nitrogens with zero attached hydrogens (tertiary/aromatic N) is 2. The van der Waals surface area contributed by atoms with Gasteiger partial charge in [-0.2, -0.15) is 0 Å². The first-order chi connectivity index (χ1) is 20.4. The number of ether oxygens (including phenoxy) is 2. The van der Waals surface area contributed by atoms with Gasteiger partial charge in [0.2, 0.25) is 5.91 Å². The average Bonchev–Trinajstić information content (AvgIpc) is 2.99. The molecule has 222 valence electrons. The molecule has 3 aromatic carbocycles. The number of carbonyl (C=O) groups excluding carboxylic acids is 2.